The van der Waals surface area contributed by atoms with Crippen molar-refractivity contribution >= 4 is 21.8 Å². The molecule has 25 heavy (non-hydrogen) atoms. The molecule has 0 aromatic heterocycles. The standard InChI is InChI=1S/C18H25N3O3S/c1-21(13-17(22)19-12-6-9-14-7-2-3-8-14)18-15-10-4-5-11-16(15)25(23,24)20-18/h4-5,10-11,14H,2-3,6-9,12-13H2,1H3,(H,19,22). The van der Waals surface area contributed by atoms with E-state index in [1.54, 1.807) is 30.1 Å². The smallest absolute Gasteiger partial charge is 0.285 e. The Morgan fingerprint density at radius 2 is 2.00 bits per heavy atom. The van der Waals surface area contributed by atoms with E-state index in [9.17, 15) is 13.2 Å². The van der Waals surface area contributed by atoms with Gasteiger partial charge in [0.15, 0.2) is 5.84 Å². The number of nitrogens with zero attached hydrogens (tertiary/aromatic N) is 2. The zero-order chi connectivity index (χ0) is 17.9. The lowest BCUT2D eigenvalue weighted by Crippen LogP contribution is -2.38. The molecule has 0 atom stereocenters. The summed E-state index contributed by atoms with van der Waals surface area (Å²) in [7, 11) is -1.96. The molecule has 1 saturated carbocycles. The largest absolute Gasteiger partial charge is 0.355 e. The van der Waals surface area contributed by atoms with Crippen LogP contribution in [0.15, 0.2) is 33.6 Å². The monoisotopic (exact) mass is 363 g/mol. The van der Waals surface area contributed by atoms with E-state index in [2.05, 4.69) is 9.71 Å². The molecule has 1 N–H and O–H groups in total. The zero-order valence-corrected chi connectivity index (χ0v) is 15.4. The van der Waals surface area contributed by atoms with Crippen molar-refractivity contribution in [3.63, 3.8) is 0 Å². The summed E-state index contributed by atoms with van der Waals surface area (Å²) in [4.78, 5) is 13.9. The molecule has 0 saturated heterocycles. The number of rotatable bonds is 6. The number of carbonyl (C=O) groups is 1. The summed E-state index contributed by atoms with van der Waals surface area (Å²) in [5.74, 6) is 1.05. The Morgan fingerprint density at radius 3 is 2.76 bits per heavy atom. The van der Waals surface area contributed by atoms with E-state index in [-0.39, 0.29) is 17.3 Å². The van der Waals surface area contributed by atoms with Crippen LogP contribution in [0.2, 0.25) is 0 Å². The summed E-state index contributed by atoms with van der Waals surface area (Å²) in [6.45, 7) is 0.761. The lowest BCUT2D eigenvalue weighted by molar-refractivity contribution is -0.121. The number of amidine groups is 1. The van der Waals surface area contributed by atoms with Crippen LogP contribution in [0.4, 0.5) is 0 Å². The van der Waals surface area contributed by atoms with Crippen molar-refractivity contribution in [1.82, 2.24) is 10.2 Å². The maximum atomic E-state index is 12.1. The normalized spacial score (nSPS) is 18.7. The van der Waals surface area contributed by atoms with Gasteiger partial charge in [0.05, 0.1) is 6.54 Å². The Hall–Kier alpha value is -1.89. The Kier molecular flexibility index (Phi) is 5.42. The second kappa shape index (κ2) is 7.56. The van der Waals surface area contributed by atoms with Gasteiger partial charge in [0.2, 0.25) is 5.91 Å². The molecule has 1 amide bonds. The number of carbonyl (C=O) groups excluding carboxylic acids is 1. The summed E-state index contributed by atoms with van der Waals surface area (Å²) in [5, 5.41) is 2.92. The molecule has 7 heteroatoms. The first kappa shape index (κ1) is 17.9. The van der Waals surface area contributed by atoms with Gasteiger partial charge in [0, 0.05) is 19.2 Å². The highest BCUT2D eigenvalue weighted by molar-refractivity contribution is 7.90. The van der Waals surface area contributed by atoms with Crippen LogP contribution in [0.3, 0.4) is 0 Å². The molecule has 1 aromatic rings. The van der Waals surface area contributed by atoms with Crippen molar-refractivity contribution in [3.05, 3.63) is 29.8 Å². The number of hydrogen-bond acceptors (Lipinski definition) is 4. The molecule has 1 aliphatic carbocycles. The first-order valence-electron chi connectivity index (χ1n) is 8.89. The molecule has 0 unspecified atom stereocenters. The number of hydrogen-bond donors (Lipinski definition) is 1. The van der Waals surface area contributed by atoms with E-state index in [0.29, 0.717) is 17.9 Å². The van der Waals surface area contributed by atoms with Crippen molar-refractivity contribution in [2.75, 3.05) is 20.1 Å². The Balaban J connectivity index is 1.50. The van der Waals surface area contributed by atoms with Crippen molar-refractivity contribution in [2.24, 2.45) is 10.3 Å². The van der Waals surface area contributed by atoms with E-state index in [1.807, 2.05) is 0 Å². The van der Waals surface area contributed by atoms with Crippen LogP contribution in [0, 0.1) is 5.92 Å². The van der Waals surface area contributed by atoms with E-state index >= 15 is 0 Å². The van der Waals surface area contributed by atoms with Gasteiger partial charge in [-0.2, -0.15) is 8.42 Å². The first-order valence-corrected chi connectivity index (χ1v) is 10.3. The fourth-order valence-electron chi connectivity index (χ4n) is 3.63. The first-order chi connectivity index (χ1) is 12.0. The lowest BCUT2D eigenvalue weighted by Gasteiger charge is -2.18. The van der Waals surface area contributed by atoms with Crippen LogP contribution in [-0.2, 0) is 14.8 Å². The fourth-order valence-corrected chi connectivity index (χ4v) is 4.88. The third-order valence-corrected chi connectivity index (χ3v) is 6.27. The van der Waals surface area contributed by atoms with Crippen LogP contribution in [0.5, 0.6) is 0 Å². The average molecular weight is 363 g/mol. The summed E-state index contributed by atoms with van der Waals surface area (Å²) in [5.41, 5.74) is 0.555. The molecule has 0 radical (unpaired) electrons. The SMILES string of the molecule is CN(CC(=O)NCCCC1CCCC1)C1=NS(=O)(=O)c2ccccc21. The topological polar surface area (TPSA) is 78.8 Å². The molecular formula is C18H25N3O3S. The van der Waals surface area contributed by atoms with Gasteiger partial charge in [-0.15, -0.1) is 4.40 Å². The van der Waals surface area contributed by atoms with Crippen LogP contribution >= 0.6 is 0 Å². The predicted octanol–water partition coefficient (Wildman–Crippen LogP) is 2.15. The van der Waals surface area contributed by atoms with Gasteiger partial charge in [-0.1, -0.05) is 37.8 Å². The van der Waals surface area contributed by atoms with E-state index in [1.165, 1.54) is 38.2 Å². The highest BCUT2D eigenvalue weighted by atomic mass is 32.2. The van der Waals surface area contributed by atoms with Gasteiger partial charge in [0.25, 0.3) is 10.0 Å². The number of nitrogens with one attached hydrogen (secondary N) is 1. The highest BCUT2D eigenvalue weighted by Gasteiger charge is 2.30. The molecule has 1 fully saturated rings. The van der Waals surface area contributed by atoms with Gasteiger partial charge >= 0.3 is 0 Å². The second-order valence-electron chi connectivity index (χ2n) is 6.88. The van der Waals surface area contributed by atoms with Crippen molar-refractivity contribution in [1.29, 1.82) is 0 Å². The predicted molar refractivity (Wildman–Crippen MR) is 97.0 cm³/mol. The number of likely N-dealkylation sites (N-methyl/N-ethyl adjacent to an activating group) is 1. The van der Waals surface area contributed by atoms with Gasteiger partial charge in [-0.3, -0.25) is 4.79 Å². The molecular weight excluding hydrogens is 338 g/mol. The highest BCUT2D eigenvalue weighted by Crippen LogP contribution is 2.28. The van der Waals surface area contributed by atoms with Crippen LogP contribution in [0.25, 0.3) is 0 Å². The minimum Gasteiger partial charge on any atom is -0.355 e. The number of amides is 1. The Labute approximate surface area is 149 Å². The molecule has 2 aliphatic rings. The third-order valence-electron chi connectivity index (χ3n) is 4.94. The minimum absolute atomic E-state index is 0.0894. The van der Waals surface area contributed by atoms with Gasteiger partial charge in [-0.25, -0.2) is 0 Å². The Bertz CT molecular complexity index is 768. The number of sulfonamides is 1. The summed E-state index contributed by atoms with van der Waals surface area (Å²) in [6.07, 6.45) is 7.50. The van der Waals surface area contributed by atoms with Crippen LogP contribution in [0.1, 0.15) is 44.1 Å². The second-order valence-corrected chi connectivity index (χ2v) is 8.46. The van der Waals surface area contributed by atoms with E-state index < -0.39 is 10.0 Å². The van der Waals surface area contributed by atoms with E-state index in [4.69, 9.17) is 0 Å². The van der Waals surface area contributed by atoms with Gasteiger partial charge in [0.1, 0.15) is 4.90 Å². The molecule has 1 aliphatic heterocycles. The quantitative estimate of drug-likeness (QED) is 0.786. The average Bonchev–Trinajstić information content (AvgIpc) is 3.18. The molecule has 0 spiro atoms. The van der Waals surface area contributed by atoms with Crippen LogP contribution in [-0.4, -0.2) is 45.2 Å². The van der Waals surface area contributed by atoms with Crippen molar-refractivity contribution < 1.29 is 13.2 Å². The summed E-state index contributed by atoms with van der Waals surface area (Å²) < 4.78 is 28.0. The van der Waals surface area contributed by atoms with Crippen molar-refractivity contribution in [2.45, 2.75) is 43.4 Å². The zero-order valence-electron chi connectivity index (χ0n) is 14.6. The molecule has 136 valence electrons. The maximum Gasteiger partial charge on any atom is 0.285 e. The summed E-state index contributed by atoms with van der Waals surface area (Å²) in [6, 6.07) is 6.70. The molecule has 0 bridgehead atoms. The van der Waals surface area contributed by atoms with Crippen LogP contribution < -0.4 is 5.32 Å². The molecule has 3 rings (SSSR count). The van der Waals surface area contributed by atoms with Gasteiger partial charge < -0.3 is 10.2 Å². The molecule has 1 aromatic carbocycles. The molecule has 6 nitrogen and oxygen atoms in total. The number of fused-ring (bicyclic) bond motifs is 1. The lowest BCUT2D eigenvalue weighted by atomic mass is 10.0. The van der Waals surface area contributed by atoms with E-state index in [0.717, 1.165) is 12.3 Å². The minimum atomic E-state index is -3.65. The fraction of sp³-hybridized carbons (Fsp3) is 0.556. The van der Waals surface area contributed by atoms with Gasteiger partial charge in [-0.05, 0) is 30.9 Å². The molecule has 1 heterocycles. The summed E-state index contributed by atoms with van der Waals surface area (Å²) >= 11 is 0. The number of benzene rings is 1. The Morgan fingerprint density at radius 1 is 1.28 bits per heavy atom. The van der Waals surface area contributed by atoms with Crippen molar-refractivity contribution in [3.8, 4) is 0 Å². The third kappa shape index (κ3) is 4.21. The maximum absolute atomic E-state index is 12.1.